The summed E-state index contributed by atoms with van der Waals surface area (Å²) in [5.74, 6) is -1.00. The fourth-order valence-electron chi connectivity index (χ4n) is 1.36. The van der Waals surface area contributed by atoms with Crippen LogP contribution in [-0.4, -0.2) is 41.0 Å². The molecule has 0 saturated heterocycles. The Morgan fingerprint density at radius 2 is 1.75 bits per heavy atom. The summed E-state index contributed by atoms with van der Waals surface area (Å²) < 4.78 is 5.13. The largest absolute Gasteiger partial charge is 0.459 e. The summed E-state index contributed by atoms with van der Waals surface area (Å²) in [4.78, 5) is 36.4. The average Bonchev–Trinajstić information content (AvgIpc) is 2.32. The van der Waals surface area contributed by atoms with E-state index in [9.17, 15) is 14.4 Å². The number of imide groups is 1. The highest BCUT2D eigenvalue weighted by Crippen LogP contribution is 2.08. The second kappa shape index (κ2) is 7.87. The number of rotatable bonds is 5. The van der Waals surface area contributed by atoms with Gasteiger partial charge in [0.05, 0.1) is 0 Å². The third kappa shape index (κ3) is 7.11. The molecule has 0 aliphatic heterocycles. The van der Waals surface area contributed by atoms with E-state index in [-0.39, 0.29) is 19.0 Å². The molecule has 20 heavy (non-hydrogen) atoms. The lowest BCUT2D eigenvalue weighted by molar-refractivity contribution is -0.157. The molecule has 0 heterocycles. The van der Waals surface area contributed by atoms with Crippen LogP contribution in [0.4, 0.5) is 4.79 Å². The van der Waals surface area contributed by atoms with Gasteiger partial charge in [0.1, 0.15) is 12.1 Å². The van der Waals surface area contributed by atoms with Gasteiger partial charge in [-0.2, -0.15) is 0 Å². The van der Waals surface area contributed by atoms with E-state index in [2.05, 4.69) is 5.32 Å². The lowest BCUT2D eigenvalue weighted by Crippen LogP contribution is -2.49. The molecular weight excluding hydrogens is 260 g/mol. The van der Waals surface area contributed by atoms with Crippen LogP contribution >= 0.6 is 0 Å². The highest BCUT2D eigenvalue weighted by atomic mass is 16.6. The first-order chi connectivity index (χ1) is 9.10. The third-order valence-electron chi connectivity index (χ3n) is 2.54. The van der Waals surface area contributed by atoms with Crippen molar-refractivity contribution in [2.24, 2.45) is 0 Å². The molecule has 1 unspecified atom stereocenters. The molecular formula is C14H26N2O4. The molecule has 0 fully saturated rings. The maximum atomic E-state index is 12.0. The number of esters is 1. The van der Waals surface area contributed by atoms with E-state index < -0.39 is 23.5 Å². The van der Waals surface area contributed by atoms with Gasteiger partial charge in [0, 0.05) is 12.5 Å². The van der Waals surface area contributed by atoms with Crippen LogP contribution in [-0.2, 0) is 14.3 Å². The van der Waals surface area contributed by atoms with Crippen LogP contribution in [0.5, 0.6) is 0 Å². The van der Waals surface area contributed by atoms with Crippen LogP contribution in [0.3, 0.4) is 0 Å². The highest BCUT2D eigenvalue weighted by Gasteiger charge is 2.26. The Hall–Kier alpha value is -1.59. The first-order valence-electron chi connectivity index (χ1n) is 6.93. The van der Waals surface area contributed by atoms with Gasteiger partial charge < -0.3 is 10.1 Å². The highest BCUT2D eigenvalue weighted by molar-refractivity contribution is 5.97. The fourth-order valence-corrected chi connectivity index (χ4v) is 1.36. The molecule has 0 aromatic heterocycles. The van der Waals surface area contributed by atoms with Gasteiger partial charge in [-0.3, -0.25) is 14.5 Å². The van der Waals surface area contributed by atoms with Crippen LogP contribution < -0.4 is 5.32 Å². The molecule has 6 nitrogen and oxygen atoms in total. The molecule has 3 amide bonds. The van der Waals surface area contributed by atoms with Crippen molar-refractivity contribution in [3.8, 4) is 0 Å². The Labute approximate surface area is 120 Å². The molecule has 0 aromatic rings. The Morgan fingerprint density at radius 1 is 1.20 bits per heavy atom. The smallest absolute Gasteiger partial charge is 0.326 e. The third-order valence-corrected chi connectivity index (χ3v) is 2.54. The van der Waals surface area contributed by atoms with Crippen molar-refractivity contribution in [3.63, 3.8) is 0 Å². The molecule has 0 aliphatic rings. The number of carbonyl (C=O) groups excluding carboxylic acids is 3. The molecule has 1 atom stereocenters. The van der Waals surface area contributed by atoms with Crippen molar-refractivity contribution in [3.05, 3.63) is 0 Å². The Kier molecular flexibility index (Phi) is 7.24. The molecule has 0 rings (SSSR count). The predicted octanol–water partition coefficient (Wildman–Crippen LogP) is 2.07. The molecule has 0 aliphatic carbocycles. The van der Waals surface area contributed by atoms with Crippen molar-refractivity contribution in [2.45, 2.75) is 66.0 Å². The van der Waals surface area contributed by atoms with Crippen LogP contribution in [0.2, 0.25) is 0 Å². The van der Waals surface area contributed by atoms with Gasteiger partial charge in [0.2, 0.25) is 5.91 Å². The molecule has 0 aromatic carbocycles. The summed E-state index contributed by atoms with van der Waals surface area (Å²) in [5.41, 5.74) is -0.648. The van der Waals surface area contributed by atoms with Crippen LogP contribution in [0, 0.1) is 0 Å². The number of hydrogen-bond acceptors (Lipinski definition) is 4. The van der Waals surface area contributed by atoms with Crippen LogP contribution in [0.15, 0.2) is 0 Å². The number of urea groups is 1. The fraction of sp³-hybridized carbons (Fsp3) is 0.786. The maximum absolute atomic E-state index is 12.0. The van der Waals surface area contributed by atoms with Crippen molar-refractivity contribution in [1.82, 2.24) is 10.2 Å². The lowest BCUT2D eigenvalue weighted by atomic mass is 10.2. The monoisotopic (exact) mass is 286 g/mol. The van der Waals surface area contributed by atoms with Crippen molar-refractivity contribution in [2.75, 3.05) is 6.54 Å². The number of amides is 3. The minimum absolute atomic E-state index is 0.0618. The number of hydrogen-bond donors (Lipinski definition) is 1. The first-order valence-corrected chi connectivity index (χ1v) is 6.93. The summed E-state index contributed by atoms with van der Waals surface area (Å²) in [6.07, 6.45) is 0.892. The van der Waals surface area contributed by atoms with E-state index in [0.717, 1.165) is 11.3 Å². The summed E-state index contributed by atoms with van der Waals surface area (Å²) in [7, 11) is 0. The maximum Gasteiger partial charge on any atom is 0.326 e. The lowest BCUT2D eigenvalue weighted by Gasteiger charge is -2.25. The molecule has 0 spiro atoms. The van der Waals surface area contributed by atoms with Crippen molar-refractivity contribution in [1.29, 1.82) is 0 Å². The van der Waals surface area contributed by atoms with Gasteiger partial charge in [-0.1, -0.05) is 13.8 Å². The van der Waals surface area contributed by atoms with Gasteiger partial charge in [0.25, 0.3) is 0 Å². The first kappa shape index (κ1) is 18.4. The van der Waals surface area contributed by atoms with E-state index in [0.29, 0.717) is 0 Å². The molecule has 1 N–H and O–H groups in total. The Bertz CT molecular complexity index is 361. The standard InChI is InChI=1S/C14H26N2O4/c1-7-10(3)15-13(19)16(11(17)8-2)9-12(18)20-14(4,5)6/h10H,7-9H2,1-6H3,(H,15,19). The van der Waals surface area contributed by atoms with Gasteiger partial charge in [-0.05, 0) is 34.1 Å². The van der Waals surface area contributed by atoms with E-state index in [1.165, 1.54) is 0 Å². The molecule has 6 heteroatoms. The number of nitrogens with one attached hydrogen (secondary N) is 1. The average molecular weight is 286 g/mol. The van der Waals surface area contributed by atoms with E-state index in [1.807, 2.05) is 13.8 Å². The zero-order valence-electron chi connectivity index (χ0n) is 13.3. The van der Waals surface area contributed by atoms with Crippen LogP contribution in [0.1, 0.15) is 54.4 Å². The zero-order valence-corrected chi connectivity index (χ0v) is 13.3. The molecule has 0 saturated carbocycles. The van der Waals surface area contributed by atoms with E-state index in [4.69, 9.17) is 4.74 Å². The second-order valence-electron chi connectivity index (χ2n) is 5.68. The molecule has 116 valence electrons. The Balaban J connectivity index is 4.78. The Morgan fingerprint density at radius 3 is 2.15 bits per heavy atom. The quantitative estimate of drug-likeness (QED) is 0.785. The van der Waals surface area contributed by atoms with E-state index in [1.54, 1.807) is 27.7 Å². The summed E-state index contributed by atoms with van der Waals surface area (Å²) >= 11 is 0. The van der Waals surface area contributed by atoms with Crippen LogP contribution in [0.25, 0.3) is 0 Å². The number of nitrogens with zero attached hydrogens (tertiary/aromatic N) is 1. The minimum Gasteiger partial charge on any atom is -0.459 e. The van der Waals surface area contributed by atoms with E-state index >= 15 is 0 Å². The summed E-state index contributed by atoms with van der Waals surface area (Å²) in [6, 6.07) is -0.620. The topological polar surface area (TPSA) is 75.7 Å². The van der Waals surface area contributed by atoms with Crippen molar-refractivity contribution >= 4 is 17.9 Å². The van der Waals surface area contributed by atoms with Crippen molar-refractivity contribution < 1.29 is 19.1 Å². The van der Waals surface area contributed by atoms with Gasteiger partial charge in [-0.15, -0.1) is 0 Å². The minimum atomic E-state index is -0.648. The second-order valence-corrected chi connectivity index (χ2v) is 5.68. The summed E-state index contributed by atoms with van der Waals surface area (Å²) in [5, 5.41) is 2.67. The normalized spacial score (nSPS) is 12.5. The summed E-state index contributed by atoms with van der Waals surface area (Å²) in [6.45, 7) is 10.2. The zero-order chi connectivity index (χ0) is 15.9. The predicted molar refractivity (Wildman–Crippen MR) is 76.1 cm³/mol. The number of ether oxygens (including phenoxy) is 1. The molecule has 0 radical (unpaired) electrons. The molecule has 0 bridgehead atoms. The van der Waals surface area contributed by atoms with Gasteiger partial charge in [0.15, 0.2) is 0 Å². The van der Waals surface area contributed by atoms with Gasteiger partial charge >= 0.3 is 12.0 Å². The SMILES string of the molecule is CCC(=O)N(CC(=O)OC(C)(C)C)C(=O)NC(C)CC. The van der Waals surface area contributed by atoms with Gasteiger partial charge in [-0.25, -0.2) is 4.79 Å². The number of carbonyl (C=O) groups is 3.